The van der Waals surface area contributed by atoms with Gasteiger partial charge in [0.25, 0.3) is 0 Å². The summed E-state index contributed by atoms with van der Waals surface area (Å²) in [6, 6.07) is 4.65. The van der Waals surface area contributed by atoms with E-state index in [1.807, 2.05) is 0 Å². The summed E-state index contributed by atoms with van der Waals surface area (Å²) in [5.74, 6) is -1.37. The summed E-state index contributed by atoms with van der Waals surface area (Å²) in [4.78, 5) is 23.6. The van der Waals surface area contributed by atoms with Crippen molar-refractivity contribution in [3.8, 4) is 6.07 Å². The third-order valence-electron chi connectivity index (χ3n) is 2.77. The molecule has 1 atom stereocenters. The Labute approximate surface area is 134 Å². The van der Waals surface area contributed by atoms with E-state index >= 15 is 0 Å². The molecule has 0 aliphatic heterocycles. The first kappa shape index (κ1) is 18.4. The molecular weight excluding hydrogens is 303 g/mol. The standard InChI is InChI=1S/C16H19FN2O4/c1-16(2,3)23-15(21)19-13(14(20)22-4)8-10-5-6-11(9-18)12(17)7-10/h5-7,13H,8H2,1-4H3,(H,19,21)/t13-/m0/s1. The molecule has 0 aromatic heterocycles. The second-order valence-corrected chi connectivity index (χ2v) is 5.85. The number of methoxy groups -OCH3 is 1. The van der Waals surface area contributed by atoms with Crippen LogP contribution in [0.5, 0.6) is 0 Å². The van der Waals surface area contributed by atoms with Crippen molar-refractivity contribution in [2.75, 3.05) is 7.11 Å². The zero-order valence-corrected chi connectivity index (χ0v) is 13.5. The van der Waals surface area contributed by atoms with Crippen LogP contribution < -0.4 is 5.32 Å². The molecule has 1 N–H and O–H groups in total. The minimum atomic E-state index is -1.03. The molecule has 0 saturated carbocycles. The molecular formula is C16H19FN2O4. The number of ether oxygens (including phenoxy) is 2. The van der Waals surface area contributed by atoms with E-state index in [0.717, 1.165) is 6.07 Å². The largest absolute Gasteiger partial charge is 0.467 e. The van der Waals surface area contributed by atoms with Crippen molar-refractivity contribution in [2.24, 2.45) is 0 Å². The number of alkyl carbamates (subject to hydrolysis) is 1. The van der Waals surface area contributed by atoms with Crippen molar-refractivity contribution in [1.82, 2.24) is 5.32 Å². The van der Waals surface area contributed by atoms with Gasteiger partial charge in [-0.05, 0) is 38.5 Å². The maximum absolute atomic E-state index is 13.6. The highest BCUT2D eigenvalue weighted by Crippen LogP contribution is 2.13. The predicted molar refractivity (Wildman–Crippen MR) is 80.0 cm³/mol. The van der Waals surface area contributed by atoms with Gasteiger partial charge in [0.2, 0.25) is 0 Å². The summed E-state index contributed by atoms with van der Waals surface area (Å²) < 4.78 is 23.3. The van der Waals surface area contributed by atoms with Crippen LogP contribution >= 0.6 is 0 Å². The Hall–Kier alpha value is -2.62. The zero-order valence-electron chi connectivity index (χ0n) is 13.5. The first-order valence-corrected chi connectivity index (χ1v) is 6.92. The molecule has 1 amide bonds. The van der Waals surface area contributed by atoms with E-state index in [1.165, 1.54) is 19.2 Å². The molecule has 0 aliphatic carbocycles. The maximum Gasteiger partial charge on any atom is 0.408 e. The van der Waals surface area contributed by atoms with Crippen molar-refractivity contribution >= 4 is 12.1 Å². The maximum atomic E-state index is 13.6. The Bertz CT molecular complexity index is 632. The minimum absolute atomic E-state index is 0.00848. The Morgan fingerprint density at radius 3 is 2.52 bits per heavy atom. The number of benzene rings is 1. The highest BCUT2D eigenvalue weighted by Gasteiger charge is 2.25. The van der Waals surface area contributed by atoms with E-state index in [9.17, 15) is 14.0 Å². The van der Waals surface area contributed by atoms with Crippen molar-refractivity contribution in [3.63, 3.8) is 0 Å². The quantitative estimate of drug-likeness (QED) is 0.859. The molecule has 124 valence electrons. The van der Waals surface area contributed by atoms with Gasteiger partial charge in [0.15, 0.2) is 0 Å². The summed E-state index contributed by atoms with van der Waals surface area (Å²) in [5, 5.41) is 11.1. The lowest BCUT2D eigenvalue weighted by Crippen LogP contribution is -2.45. The van der Waals surface area contributed by atoms with Gasteiger partial charge in [0, 0.05) is 6.42 Å². The van der Waals surface area contributed by atoms with Gasteiger partial charge in [-0.2, -0.15) is 5.26 Å². The summed E-state index contributed by atoms with van der Waals surface area (Å²) in [5.41, 5.74) is -0.373. The number of carbonyl (C=O) groups is 2. The molecule has 0 radical (unpaired) electrons. The molecule has 1 rings (SSSR count). The summed E-state index contributed by atoms with van der Waals surface area (Å²) in [7, 11) is 1.19. The number of nitrogens with one attached hydrogen (secondary N) is 1. The van der Waals surface area contributed by atoms with Crippen molar-refractivity contribution < 1.29 is 23.5 Å². The van der Waals surface area contributed by atoms with E-state index < -0.39 is 29.5 Å². The van der Waals surface area contributed by atoms with E-state index in [2.05, 4.69) is 10.1 Å². The van der Waals surface area contributed by atoms with E-state index in [4.69, 9.17) is 10.00 Å². The van der Waals surface area contributed by atoms with Crippen LogP contribution in [0.2, 0.25) is 0 Å². The number of hydrogen-bond acceptors (Lipinski definition) is 5. The van der Waals surface area contributed by atoms with Crippen LogP contribution in [0.1, 0.15) is 31.9 Å². The first-order chi connectivity index (χ1) is 10.7. The predicted octanol–water partition coefficient (Wildman–Crippen LogP) is 2.31. The topological polar surface area (TPSA) is 88.4 Å². The van der Waals surface area contributed by atoms with Crippen LogP contribution in [0.4, 0.5) is 9.18 Å². The number of carbonyl (C=O) groups excluding carboxylic acids is 2. The molecule has 1 aromatic rings. The Morgan fingerprint density at radius 2 is 2.04 bits per heavy atom. The SMILES string of the molecule is COC(=O)[C@H](Cc1ccc(C#N)c(F)c1)NC(=O)OC(C)(C)C. The molecule has 6 nitrogen and oxygen atoms in total. The third kappa shape index (κ3) is 5.94. The molecule has 0 saturated heterocycles. The number of amides is 1. The van der Waals surface area contributed by atoms with Gasteiger partial charge >= 0.3 is 12.1 Å². The van der Waals surface area contributed by atoms with Gasteiger partial charge < -0.3 is 14.8 Å². The van der Waals surface area contributed by atoms with E-state index in [-0.39, 0.29) is 12.0 Å². The summed E-state index contributed by atoms with van der Waals surface area (Å²) in [6.07, 6.45) is -0.767. The van der Waals surface area contributed by atoms with Crippen molar-refractivity contribution in [3.05, 3.63) is 35.1 Å². The fraction of sp³-hybridized carbons (Fsp3) is 0.438. The van der Waals surface area contributed by atoms with Gasteiger partial charge in [0.05, 0.1) is 12.7 Å². The lowest BCUT2D eigenvalue weighted by atomic mass is 10.0. The fourth-order valence-corrected chi connectivity index (χ4v) is 1.80. The number of nitrogens with zero attached hydrogens (tertiary/aromatic N) is 1. The van der Waals surface area contributed by atoms with Crippen LogP contribution in [0, 0.1) is 17.1 Å². The normalized spacial score (nSPS) is 12.0. The molecule has 0 aliphatic rings. The Kier molecular flexibility index (Phi) is 6.08. The molecule has 0 unspecified atom stereocenters. The molecule has 1 aromatic carbocycles. The number of hydrogen-bond donors (Lipinski definition) is 1. The van der Waals surface area contributed by atoms with Crippen LogP contribution in [-0.2, 0) is 20.7 Å². The van der Waals surface area contributed by atoms with Crippen molar-refractivity contribution in [1.29, 1.82) is 5.26 Å². The molecule has 0 spiro atoms. The van der Waals surface area contributed by atoms with Crippen LogP contribution in [-0.4, -0.2) is 30.8 Å². The minimum Gasteiger partial charge on any atom is -0.467 e. The molecule has 0 fully saturated rings. The number of halogens is 1. The lowest BCUT2D eigenvalue weighted by Gasteiger charge is -2.22. The molecule has 23 heavy (non-hydrogen) atoms. The first-order valence-electron chi connectivity index (χ1n) is 6.92. The summed E-state index contributed by atoms with van der Waals surface area (Å²) in [6.45, 7) is 5.07. The zero-order chi connectivity index (χ0) is 17.6. The number of nitriles is 1. The van der Waals surface area contributed by atoms with Crippen LogP contribution in [0.3, 0.4) is 0 Å². The van der Waals surface area contributed by atoms with Crippen LogP contribution in [0.15, 0.2) is 18.2 Å². The van der Waals surface area contributed by atoms with Crippen LogP contribution in [0.25, 0.3) is 0 Å². The fourth-order valence-electron chi connectivity index (χ4n) is 1.80. The Balaban J connectivity index is 2.87. The van der Waals surface area contributed by atoms with E-state index in [1.54, 1.807) is 26.8 Å². The van der Waals surface area contributed by atoms with Gasteiger partial charge in [-0.3, -0.25) is 0 Å². The second kappa shape index (κ2) is 7.58. The Morgan fingerprint density at radius 1 is 1.39 bits per heavy atom. The van der Waals surface area contributed by atoms with Crippen molar-refractivity contribution in [2.45, 2.75) is 38.8 Å². The van der Waals surface area contributed by atoms with Gasteiger partial charge in [-0.25, -0.2) is 14.0 Å². The smallest absolute Gasteiger partial charge is 0.408 e. The molecule has 7 heteroatoms. The molecule has 0 heterocycles. The third-order valence-corrected chi connectivity index (χ3v) is 2.77. The van der Waals surface area contributed by atoms with E-state index in [0.29, 0.717) is 5.56 Å². The van der Waals surface area contributed by atoms with Gasteiger partial charge in [-0.15, -0.1) is 0 Å². The average molecular weight is 322 g/mol. The second-order valence-electron chi connectivity index (χ2n) is 5.85. The number of rotatable bonds is 4. The van der Waals surface area contributed by atoms with Gasteiger partial charge in [-0.1, -0.05) is 6.07 Å². The summed E-state index contributed by atoms with van der Waals surface area (Å²) >= 11 is 0. The monoisotopic (exact) mass is 322 g/mol. The average Bonchev–Trinajstić information content (AvgIpc) is 2.44. The number of esters is 1. The highest BCUT2D eigenvalue weighted by molar-refractivity contribution is 5.81. The van der Waals surface area contributed by atoms with Gasteiger partial charge in [0.1, 0.15) is 23.5 Å². The lowest BCUT2D eigenvalue weighted by molar-refractivity contribution is -0.143. The highest BCUT2D eigenvalue weighted by atomic mass is 19.1. The molecule has 0 bridgehead atoms.